The molecule has 3 aromatic rings. The Hall–Kier alpha value is -2.74. The zero-order chi connectivity index (χ0) is 17.9. The number of nitrogens with zero attached hydrogens (tertiary/aromatic N) is 5. The summed E-state index contributed by atoms with van der Waals surface area (Å²) in [7, 11) is 1.91. The molecule has 0 saturated heterocycles. The summed E-state index contributed by atoms with van der Waals surface area (Å²) in [4.78, 5) is 21.1. The average molecular weight is 366 g/mol. The van der Waals surface area contributed by atoms with Gasteiger partial charge in [-0.05, 0) is 36.6 Å². The van der Waals surface area contributed by atoms with Crippen molar-refractivity contribution in [1.29, 1.82) is 0 Å². The molecule has 1 saturated carbocycles. The summed E-state index contributed by atoms with van der Waals surface area (Å²) in [6, 6.07) is 9.43. The Morgan fingerprint density at radius 2 is 2.23 bits per heavy atom. The molecular weight excluding hydrogens is 348 g/mol. The predicted octanol–water partition coefficient (Wildman–Crippen LogP) is 3.03. The van der Waals surface area contributed by atoms with Gasteiger partial charge in [-0.2, -0.15) is 0 Å². The van der Waals surface area contributed by atoms with Gasteiger partial charge in [0.2, 0.25) is 0 Å². The minimum absolute atomic E-state index is 0.215. The van der Waals surface area contributed by atoms with Gasteiger partial charge in [-0.15, -0.1) is 10.2 Å². The van der Waals surface area contributed by atoms with Crippen LogP contribution in [-0.4, -0.2) is 30.6 Å². The molecule has 132 valence electrons. The first-order chi connectivity index (χ1) is 12.7. The lowest BCUT2D eigenvalue weighted by Gasteiger charge is -2.08. The fourth-order valence-electron chi connectivity index (χ4n) is 2.52. The van der Waals surface area contributed by atoms with E-state index >= 15 is 0 Å². The van der Waals surface area contributed by atoms with Crippen LogP contribution in [0, 0.1) is 0 Å². The topological polar surface area (TPSA) is 85.6 Å². The molecule has 0 unspecified atom stereocenters. The van der Waals surface area contributed by atoms with E-state index in [0.717, 1.165) is 40.8 Å². The molecule has 0 radical (unpaired) electrons. The van der Waals surface area contributed by atoms with Crippen molar-refractivity contribution in [2.24, 2.45) is 7.05 Å². The average Bonchev–Trinajstić information content (AvgIpc) is 3.43. The van der Waals surface area contributed by atoms with Gasteiger partial charge >= 0.3 is 0 Å². The maximum Gasteiger partial charge on any atom is 0.274 e. The number of carbonyl (C=O) groups is 1. The van der Waals surface area contributed by atoms with Crippen molar-refractivity contribution in [3.05, 3.63) is 59.9 Å². The van der Waals surface area contributed by atoms with Gasteiger partial charge in [0.1, 0.15) is 17.8 Å². The van der Waals surface area contributed by atoms with Crippen LogP contribution in [0.5, 0.6) is 0 Å². The minimum Gasteiger partial charge on any atom is -0.321 e. The van der Waals surface area contributed by atoms with E-state index in [1.807, 2.05) is 35.9 Å². The summed E-state index contributed by atoms with van der Waals surface area (Å²) in [5.74, 6) is 1.72. The molecule has 0 aliphatic heterocycles. The van der Waals surface area contributed by atoms with Gasteiger partial charge in [0.05, 0.1) is 0 Å². The number of benzene rings is 1. The number of rotatable bonds is 6. The van der Waals surface area contributed by atoms with E-state index in [-0.39, 0.29) is 5.91 Å². The zero-order valence-corrected chi connectivity index (χ0v) is 15.1. The highest BCUT2D eigenvalue weighted by Gasteiger charge is 2.27. The van der Waals surface area contributed by atoms with Crippen molar-refractivity contribution in [1.82, 2.24) is 24.7 Å². The fourth-order valence-corrected chi connectivity index (χ4v) is 3.35. The van der Waals surface area contributed by atoms with Crippen LogP contribution in [0.3, 0.4) is 0 Å². The number of hydrogen-bond donors (Lipinski definition) is 1. The van der Waals surface area contributed by atoms with E-state index in [1.54, 1.807) is 30.4 Å². The van der Waals surface area contributed by atoms with E-state index in [2.05, 4.69) is 25.5 Å². The SMILES string of the molecule is Cn1cnnc1SCc1cccc(NC(=O)c2ccnc(C3CC3)n2)c1. The summed E-state index contributed by atoms with van der Waals surface area (Å²) in [5.41, 5.74) is 2.25. The smallest absolute Gasteiger partial charge is 0.274 e. The number of amides is 1. The monoisotopic (exact) mass is 366 g/mol. The number of carbonyl (C=O) groups excluding carboxylic acids is 1. The van der Waals surface area contributed by atoms with Gasteiger partial charge in [0, 0.05) is 30.6 Å². The number of thioether (sulfide) groups is 1. The van der Waals surface area contributed by atoms with Gasteiger partial charge < -0.3 is 9.88 Å². The van der Waals surface area contributed by atoms with Gasteiger partial charge in [0.25, 0.3) is 5.91 Å². The molecule has 7 nitrogen and oxygen atoms in total. The van der Waals surface area contributed by atoms with E-state index < -0.39 is 0 Å². The number of hydrogen-bond acceptors (Lipinski definition) is 6. The first-order valence-corrected chi connectivity index (χ1v) is 9.37. The molecule has 1 aliphatic rings. The highest BCUT2D eigenvalue weighted by molar-refractivity contribution is 7.98. The minimum atomic E-state index is -0.215. The molecule has 26 heavy (non-hydrogen) atoms. The summed E-state index contributed by atoms with van der Waals surface area (Å²) >= 11 is 1.60. The molecule has 0 spiro atoms. The van der Waals surface area contributed by atoms with Crippen molar-refractivity contribution in [2.75, 3.05) is 5.32 Å². The van der Waals surface area contributed by atoms with Gasteiger partial charge in [-0.1, -0.05) is 23.9 Å². The normalized spacial score (nSPS) is 13.6. The van der Waals surface area contributed by atoms with E-state index in [0.29, 0.717) is 11.6 Å². The summed E-state index contributed by atoms with van der Waals surface area (Å²) in [6.07, 6.45) is 5.55. The Balaban J connectivity index is 1.42. The molecule has 2 aromatic heterocycles. The molecule has 8 heteroatoms. The van der Waals surface area contributed by atoms with Crippen LogP contribution in [0.15, 0.2) is 48.0 Å². The van der Waals surface area contributed by atoms with Crippen LogP contribution >= 0.6 is 11.8 Å². The lowest BCUT2D eigenvalue weighted by Crippen LogP contribution is -2.15. The van der Waals surface area contributed by atoms with Crippen LogP contribution in [0.1, 0.15) is 40.6 Å². The number of aromatic nitrogens is 5. The van der Waals surface area contributed by atoms with Crippen molar-refractivity contribution < 1.29 is 4.79 Å². The van der Waals surface area contributed by atoms with Crippen LogP contribution in [0.25, 0.3) is 0 Å². The molecule has 0 atom stereocenters. The Morgan fingerprint density at radius 1 is 1.35 bits per heavy atom. The maximum atomic E-state index is 12.5. The summed E-state index contributed by atoms with van der Waals surface area (Å²) < 4.78 is 1.88. The third-order valence-corrected chi connectivity index (χ3v) is 5.18. The van der Waals surface area contributed by atoms with E-state index in [4.69, 9.17) is 0 Å². The summed E-state index contributed by atoms with van der Waals surface area (Å²) in [6.45, 7) is 0. The predicted molar refractivity (Wildman–Crippen MR) is 99.0 cm³/mol. The third kappa shape index (κ3) is 3.91. The van der Waals surface area contributed by atoms with E-state index in [1.165, 1.54) is 0 Å². The zero-order valence-electron chi connectivity index (χ0n) is 14.3. The quantitative estimate of drug-likeness (QED) is 0.675. The molecule has 0 bridgehead atoms. The Bertz CT molecular complexity index is 937. The molecule has 1 N–H and O–H groups in total. The number of anilines is 1. The molecule has 4 rings (SSSR count). The second kappa shape index (κ2) is 7.25. The van der Waals surface area contributed by atoms with Crippen molar-refractivity contribution in [2.45, 2.75) is 29.7 Å². The first-order valence-electron chi connectivity index (χ1n) is 8.39. The molecule has 1 amide bonds. The molecule has 1 aliphatic carbocycles. The fraction of sp³-hybridized carbons (Fsp3) is 0.278. The molecule has 2 heterocycles. The molecular formula is C18H18N6OS. The lowest BCUT2D eigenvalue weighted by atomic mass is 10.2. The van der Waals surface area contributed by atoms with Crippen LogP contribution < -0.4 is 5.32 Å². The number of aryl methyl sites for hydroxylation is 1. The van der Waals surface area contributed by atoms with Crippen molar-refractivity contribution in [3.8, 4) is 0 Å². The Labute approximate surface area is 155 Å². The molecule has 1 fully saturated rings. The van der Waals surface area contributed by atoms with Gasteiger partial charge in [-0.25, -0.2) is 9.97 Å². The van der Waals surface area contributed by atoms with Crippen LogP contribution in [-0.2, 0) is 12.8 Å². The first kappa shape index (κ1) is 16.7. The molecule has 1 aromatic carbocycles. The lowest BCUT2D eigenvalue weighted by molar-refractivity contribution is 0.102. The largest absolute Gasteiger partial charge is 0.321 e. The highest BCUT2D eigenvalue weighted by atomic mass is 32.2. The maximum absolute atomic E-state index is 12.5. The van der Waals surface area contributed by atoms with Crippen LogP contribution in [0.4, 0.5) is 5.69 Å². The van der Waals surface area contributed by atoms with Gasteiger partial charge in [0.15, 0.2) is 5.16 Å². The van der Waals surface area contributed by atoms with E-state index in [9.17, 15) is 4.79 Å². The van der Waals surface area contributed by atoms with Crippen LogP contribution in [0.2, 0.25) is 0 Å². The third-order valence-electron chi connectivity index (χ3n) is 4.07. The number of nitrogens with one attached hydrogen (secondary N) is 1. The second-order valence-corrected chi connectivity index (χ2v) is 7.18. The van der Waals surface area contributed by atoms with Crippen molar-refractivity contribution in [3.63, 3.8) is 0 Å². The van der Waals surface area contributed by atoms with Gasteiger partial charge in [-0.3, -0.25) is 4.79 Å². The summed E-state index contributed by atoms with van der Waals surface area (Å²) in [5, 5.41) is 11.7. The van der Waals surface area contributed by atoms with Crippen molar-refractivity contribution >= 4 is 23.4 Å². The second-order valence-electron chi connectivity index (χ2n) is 6.24. The Kier molecular flexibility index (Phi) is 4.66. The Morgan fingerprint density at radius 3 is 3.00 bits per heavy atom. The highest BCUT2D eigenvalue weighted by Crippen LogP contribution is 2.37. The standard InChI is InChI=1S/C18H18N6OS/c1-24-11-20-23-18(24)26-10-12-3-2-4-14(9-12)21-17(25)15-7-8-19-16(22-15)13-5-6-13/h2-4,7-9,11,13H,5-6,10H2,1H3,(H,21,25).